The molecule has 3 aromatic rings. The summed E-state index contributed by atoms with van der Waals surface area (Å²) in [6, 6.07) is 12.7. The predicted molar refractivity (Wildman–Crippen MR) is 137 cm³/mol. The third-order valence-electron chi connectivity index (χ3n) is 6.44. The van der Waals surface area contributed by atoms with Crippen LogP contribution in [0, 0.1) is 0 Å². The normalized spacial score (nSPS) is 14.5. The number of fused-ring (bicyclic) bond motifs is 1. The number of rotatable bonds is 7. The zero-order valence-corrected chi connectivity index (χ0v) is 21.6. The van der Waals surface area contributed by atoms with Crippen LogP contribution in [0.4, 0.5) is 5.82 Å². The molecular weight excluding hydrogens is 478 g/mol. The molecule has 1 unspecified atom stereocenters. The summed E-state index contributed by atoms with van der Waals surface area (Å²) in [5.41, 5.74) is 1.21. The van der Waals surface area contributed by atoms with Gasteiger partial charge in [0.1, 0.15) is 12.4 Å². The van der Waals surface area contributed by atoms with Crippen molar-refractivity contribution in [3.05, 3.63) is 91.3 Å². The van der Waals surface area contributed by atoms with Crippen LogP contribution in [-0.4, -0.2) is 36.4 Å². The number of methoxy groups -OCH3 is 3. The standard InChI is InChI=1S/C27H29N3O7/c1-15-20(26(32)37-14-16-10-8-7-9-11-16)21(17-12-18(34-4)23(36-6)19(13-17)35-5)22-24(28-15)29(2)27(33)30(3)25(22)31/h7-13,21,28H,14H2,1-6H3. The first-order valence-electron chi connectivity index (χ1n) is 11.5. The highest BCUT2D eigenvalue weighted by molar-refractivity contribution is 5.94. The fraction of sp³-hybridized carbons (Fsp3) is 0.296. The van der Waals surface area contributed by atoms with E-state index < -0.39 is 23.1 Å². The van der Waals surface area contributed by atoms with Crippen LogP contribution < -0.4 is 30.8 Å². The number of aromatic nitrogens is 2. The lowest BCUT2D eigenvalue weighted by atomic mass is 9.82. The first-order valence-corrected chi connectivity index (χ1v) is 11.5. The summed E-state index contributed by atoms with van der Waals surface area (Å²) in [6.45, 7) is 1.76. The van der Waals surface area contributed by atoms with Gasteiger partial charge in [-0.2, -0.15) is 0 Å². The van der Waals surface area contributed by atoms with Crippen LogP contribution in [-0.2, 0) is 30.2 Å². The molecule has 1 aromatic heterocycles. The Kier molecular flexibility index (Phi) is 7.10. The van der Waals surface area contributed by atoms with Crippen LogP contribution in [0.1, 0.15) is 29.5 Å². The number of esters is 1. The van der Waals surface area contributed by atoms with E-state index in [0.717, 1.165) is 10.1 Å². The largest absolute Gasteiger partial charge is 0.493 e. The highest BCUT2D eigenvalue weighted by atomic mass is 16.5. The van der Waals surface area contributed by atoms with Crippen molar-refractivity contribution >= 4 is 11.8 Å². The Labute approximate surface area is 213 Å². The molecule has 0 saturated heterocycles. The van der Waals surface area contributed by atoms with Crippen molar-refractivity contribution in [3.8, 4) is 17.2 Å². The van der Waals surface area contributed by atoms with Gasteiger partial charge < -0.3 is 24.3 Å². The van der Waals surface area contributed by atoms with Gasteiger partial charge in [0.25, 0.3) is 5.56 Å². The lowest BCUT2D eigenvalue weighted by Crippen LogP contribution is -2.43. The second-order valence-electron chi connectivity index (χ2n) is 8.59. The Morgan fingerprint density at radius 1 is 0.946 bits per heavy atom. The van der Waals surface area contributed by atoms with Crippen LogP contribution in [0.15, 0.2) is 63.3 Å². The molecule has 0 spiro atoms. The Morgan fingerprint density at radius 3 is 2.14 bits per heavy atom. The molecule has 1 aliphatic heterocycles. The van der Waals surface area contributed by atoms with E-state index in [1.54, 1.807) is 26.1 Å². The second kappa shape index (κ2) is 10.3. The van der Waals surface area contributed by atoms with E-state index in [0.29, 0.717) is 34.3 Å². The number of ether oxygens (including phenoxy) is 4. The maximum atomic E-state index is 13.6. The number of hydrogen-bond acceptors (Lipinski definition) is 8. The van der Waals surface area contributed by atoms with Crippen molar-refractivity contribution in [2.45, 2.75) is 19.4 Å². The molecule has 37 heavy (non-hydrogen) atoms. The number of carbonyl (C=O) groups is 1. The first-order chi connectivity index (χ1) is 17.7. The van der Waals surface area contributed by atoms with E-state index >= 15 is 0 Å². The van der Waals surface area contributed by atoms with Gasteiger partial charge in [0.05, 0.1) is 38.4 Å². The minimum atomic E-state index is -0.890. The van der Waals surface area contributed by atoms with Crippen molar-refractivity contribution in [2.24, 2.45) is 14.1 Å². The molecule has 1 aliphatic rings. The smallest absolute Gasteiger partial charge is 0.337 e. The lowest BCUT2D eigenvalue weighted by Gasteiger charge is -2.31. The lowest BCUT2D eigenvalue weighted by molar-refractivity contribution is -0.140. The number of hydrogen-bond donors (Lipinski definition) is 1. The zero-order chi connectivity index (χ0) is 26.9. The third-order valence-corrected chi connectivity index (χ3v) is 6.44. The van der Waals surface area contributed by atoms with Crippen molar-refractivity contribution < 1.29 is 23.7 Å². The monoisotopic (exact) mass is 507 g/mol. The molecule has 1 atom stereocenters. The predicted octanol–water partition coefficient (Wildman–Crippen LogP) is 2.68. The van der Waals surface area contributed by atoms with E-state index in [4.69, 9.17) is 18.9 Å². The number of nitrogens with zero attached hydrogens (tertiary/aromatic N) is 2. The molecule has 10 nitrogen and oxygen atoms in total. The van der Waals surface area contributed by atoms with E-state index in [1.807, 2.05) is 30.3 Å². The summed E-state index contributed by atoms with van der Waals surface area (Å²) < 4.78 is 24.6. The number of nitrogens with one attached hydrogen (secondary N) is 1. The van der Waals surface area contributed by atoms with Crippen molar-refractivity contribution in [1.29, 1.82) is 0 Å². The van der Waals surface area contributed by atoms with Gasteiger partial charge >= 0.3 is 11.7 Å². The van der Waals surface area contributed by atoms with Gasteiger partial charge in [-0.3, -0.25) is 13.9 Å². The number of carbonyl (C=O) groups excluding carboxylic acids is 1. The van der Waals surface area contributed by atoms with Crippen LogP contribution in [0.2, 0.25) is 0 Å². The van der Waals surface area contributed by atoms with E-state index in [9.17, 15) is 14.4 Å². The highest BCUT2D eigenvalue weighted by Gasteiger charge is 2.38. The summed E-state index contributed by atoms with van der Waals surface area (Å²) >= 11 is 0. The minimum Gasteiger partial charge on any atom is -0.493 e. The minimum absolute atomic E-state index is 0.0522. The van der Waals surface area contributed by atoms with E-state index in [-0.39, 0.29) is 17.7 Å². The highest BCUT2D eigenvalue weighted by Crippen LogP contribution is 2.46. The molecule has 194 valence electrons. The van der Waals surface area contributed by atoms with Crippen LogP contribution in [0.3, 0.4) is 0 Å². The molecule has 0 saturated carbocycles. The van der Waals surface area contributed by atoms with Crippen LogP contribution in [0.5, 0.6) is 17.2 Å². The topological polar surface area (TPSA) is 110 Å². The Morgan fingerprint density at radius 2 is 1.57 bits per heavy atom. The molecule has 0 bridgehead atoms. The number of allylic oxidation sites excluding steroid dienone is 1. The molecule has 0 aliphatic carbocycles. The Balaban J connectivity index is 1.95. The van der Waals surface area contributed by atoms with Crippen molar-refractivity contribution in [3.63, 3.8) is 0 Å². The fourth-order valence-electron chi connectivity index (χ4n) is 4.56. The summed E-state index contributed by atoms with van der Waals surface area (Å²) in [5.74, 6) is -0.122. The SMILES string of the molecule is COc1cc(C2C(C(=O)OCc3ccccc3)=C(C)Nc3c2c(=O)n(C)c(=O)n3C)cc(OC)c1OC. The summed E-state index contributed by atoms with van der Waals surface area (Å²) in [5, 5.41) is 3.09. The molecule has 10 heteroatoms. The number of benzene rings is 2. The van der Waals surface area contributed by atoms with E-state index in [2.05, 4.69) is 5.32 Å². The molecule has 0 radical (unpaired) electrons. The van der Waals surface area contributed by atoms with Gasteiger partial charge in [-0.25, -0.2) is 9.59 Å². The van der Waals surface area contributed by atoms with Gasteiger partial charge in [0.15, 0.2) is 11.5 Å². The van der Waals surface area contributed by atoms with Gasteiger partial charge in [-0.1, -0.05) is 30.3 Å². The quantitative estimate of drug-likeness (QED) is 0.486. The Bertz CT molecular complexity index is 1480. The summed E-state index contributed by atoms with van der Waals surface area (Å²) in [4.78, 5) is 39.8. The maximum Gasteiger partial charge on any atom is 0.337 e. The Hall–Kier alpha value is -4.47. The molecule has 0 amide bonds. The summed E-state index contributed by atoms with van der Waals surface area (Å²) in [7, 11) is 7.41. The molecule has 2 heterocycles. The molecule has 4 rings (SSSR count). The van der Waals surface area contributed by atoms with Gasteiger partial charge in [-0.05, 0) is 30.2 Å². The van der Waals surface area contributed by atoms with Gasteiger partial charge in [0, 0.05) is 19.8 Å². The van der Waals surface area contributed by atoms with Crippen molar-refractivity contribution in [1.82, 2.24) is 9.13 Å². The van der Waals surface area contributed by atoms with E-state index in [1.165, 1.54) is 32.9 Å². The third kappa shape index (κ3) is 4.46. The zero-order valence-electron chi connectivity index (χ0n) is 21.6. The average molecular weight is 508 g/mol. The van der Waals surface area contributed by atoms with Crippen molar-refractivity contribution in [2.75, 3.05) is 26.6 Å². The molecule has 0 fully saturated rings. The molecule has 2 aromatic carbocycles. The van der Waals surface area contributed by atoms with Crippen LogP contribution in [0.25, 0.3) is 0 Å². The number of anilines is 1. The van der Waals surface area contributed by atoms with Gasteiger partial charge in [0.2, 0.25) is 5.75 Å². The maximum absolute atomic E-state index is 13.6. The fourth-order valence-corrected chi connectivity index (χ4v) is 4.56. The molecular formula is C27H29N3O7. The molecule has 1 N–H and O–H groups in total. The second-order valence-corrected chi connectivity index (χ2v) is 8.59. The van der Waals surface area contributed by atoms with Crippen LogP contribution >= 0.6 is 0 Å². The summed E-state index contributed by atoms with van der Waals surface area (Å²) in [6.07, 6.45) is 0. The first kappa shape index (κ1) is 25.6. The van der Waals surface area contributed by atoms with Gasteiger partial charge in [-0.15, -0.1) is 0 Å². The average Bonchev–Trinajstić information content (AvgIpc) is 2.92.